The van der Waals surface area contributed by atoms with Crippen molar-refractivity contribution < 1.29 is 18.0 Å². The van der Waals surface area contributed by atoms with Crippen LogP contribution in [0.25, 0.3) is 0 Å². The maximum absolute atomic E-state index is 13.8. The molecule has 36 heavy (non-hydrogen) atoms. The van der Waals surface area contributed by atoms with Crippen LogP contribution in [-0.2, 0) is 26.2 Å². The predicted octanol–water partition coefficient (Wildman–Crippen LogP) is 4.85. The van der Waals surface area contributed by atoms with Crippen LogP contribution in [0.15, 0.2) is 88.2 Å². The number of benzene rings is 3. The van der Waals surface area contributed by atoms with Crippen LogP contribution in [0.2, 0.25) is 5.02 Å². The topological polar surface area (TPSA) is 86.8 Å². The molecule has 2 amide bonds. The van der Waals surface area contributed by atoms with E-state index in [4.69, 9.17) is 11.6 Å². The molecule has 3 aromatic rings. The summed E-state index contributed by atoms with van der Waals surface area (Å²) in [6.07, 6.45) is 0.349. The van der Waals surface area contributed by atoms with Gasteiger partial charge in [0.1, 0.15) is 12.6 Å². The first-order valence-corrected chi connectivity index (χ1v) is 13.9. The number of sulfonamides is 1. The molecule has 0 aromatic heterocycles. The van der Waals surface area contributed by atoms with Gasteiger partial charge >= 0.3 is 0 Å². The van der Waals surface area contributed by atoms with Crippen molar-refractivity contribution in [3.8, 4) is 0 Å². The first-order valence-electron chi connectivity index (χ1n) is 11.3. The molecule has 0 saturated carbocycles. The summed E-state index contributed by atoms with van der Waals surface area (Å²) in [6, 6.07) is 20.8. The highest BCUT2D eigenvalue weighted by atomic mass is 79.9. The molecule has 10 heteroatoms. The molecule has 0 heterocycles. The van der Waals surface area contributed by atoms with Crippen molar-refractivity contribution in [2.24, 2.45) is 0 Å². The normalized spacial score (nSPS) is 12.0. The summed E-state index contributed by atoms with van der Waals surface area (Å²) in [5.41, 5.74) is 1.08. The van der Waals surface area contributed by atoms with Gasteiger partial charge in [0.2, 0.25) is 11.8 Å². The van der Waals surface area contributed by atoms with Crippen LogP contribution in [0.3, 0.4) is 0 Å². The van der Waals surface area contributed by atoms with Crippen LogP contribution >= 0.6 is 27.5 Å². The van der Waals surface area contributed by atoms with Crippen LogP contribution in [0.5, 0.6) is 0 Å². The van der Waals surface area contributed by atoms with E-state index in [1.807, 2.05) is 0 Å². The minimum absolute atomic E-state index is 0.0559. The van der Waals surface area contributed by atoms with Crippen LogP contribution in [0, 0.1) is 0 Å². The molecule has 0 aliphatic carbocycles. The lowest BCUT2D eigenvalue weighted by Gasteiger charge is -2.33. The summed E-state index contributed by atoms with van der Waals surface area (Å²) in [6.45, 7) is 1.42. The van der Waals surface area contributed by atoms with Gasteiger partial charge in [-0.05, 0) is 54.4 Å². The Morgan fingerprint density at radius 3 is 2.25 bits per heavy atom. The molecule has 3 aromatic carbocycles. The summed E-state index contributed by atoms with van der Waals surface area (Å²) in [5, 5.41) is 3.15. The van der Waals surface area contributed by atoms with Crippen molar-refractivity contribution >= 4 is 55.1 Å². The number of halogens is 2. The number of nitrogens with zero attached hydrogens (tertiary/aromatic N) is 2. The van der Waals surface area contributed by atoms with Crippen molar-refractivity contribution in [1.82, 2.24) is 10.2 Å². The molecule has 0 radical (unpaired) electrons. The van der Waals surface area contributed by atoms with Crippen LogP contribution in [0.1, 0.15) is 18.9 Å². The third-order valence-electron chi connectivity index (χ3n) is 5.60. The van der Waals surface area contributed by atoms with E-state index in [0.29, 0.717) is 21.6 Å². The van der Waals surface area contributed by atoms with Gasteiger partial charge in [-0.15, -0.1) is 0 Å². The van der Waals surface area contributed by atoms with E-state index >= 15 is 0 Å². The average molecular weight is 593 g/mol. The maximum Gasteiger partial charge on any atom is 0.264 e. The van der Waals surface area contributed by atoms with Gasteiger partial charge in [-0.1, -0.05) is 70.9 Å². The van der Waals surface area contributed by atoms with Gasteiger partial charge in [0.05, 0.1) is 10.6 Å². The first-order chi connectivity index (χ1) is 17.2. The molecule has 0 bridgehead atoms. The minimum Gasteiger partial charge on any atom is -0.357 e. The lowest BCUT2D eigenvalue weighted by atomic mass is 10.1. The van der Waals surface area contributed by atoms with Crippen molar-refractivity contribution in [2.75, 3.05) is 17.9 Å². The molecule has 0 aliphatic rings. The Morgan fingerprint density at radius 2 is 1.67 bits per heavy atom. The Hall–Kier alpha value is -2.88. The maximum atomic E-state index is 13.8. The third-order valence-corrected chi connectivity index (χ3v) is 8.14. The smallest absolute Gasteiger partial charge is 0.264 e. The Kier molecular flexibility index (Phi) is 9.53. The van der Waals surface area contributed by atoms with Crippen molar-refractivity contribution in [1.29, 1.82) is 0 Å². The molecule has 0 fully saturated rings. The molecule has 0 aliphatic heterocycles. The van der Waals surface area contributed by atoms with E-state index in [1.165, 1.54) is 24.1 Å². The van der Waals surface area contributed by atoms with Gasteiger partial charge in [0.25, 0.3) is 10.0 Å². The van der Waals surface area contributed by atoms with Gasteiger partial charge < -0.3 is 10.2 Å². The SMILES string of the molecule is CCC(C(=O)NC)N(Cc1ccc(Cl)cc1)C(=O)CN(c1cccc(Br)c1)S(=O)(=O)c1ccccc1. The zero-order chi connectivity index (χ0) is 26.3. The molecule has 7 nitrogen and oxygen atoms in total. The largest absolute Gasteiger partial charge is 0.357 e. The summed E-state index contributed by atoms with van der Waals surface area (Å²) in [5.74, 6) is -0.848. The van der Waals surface area contributed by atoms with E-state index < -0.39 is 28.5 Å². The number of carbonyl (C=O) groups excluding carboxylic acids is 2. The van der Waals surface area contributed by atoms with E-state index in [-0.39, 0.29) is 17.3 Å². The molecule has 1 unspecified atom stereocenters. The standard InChI is InChI=1S/C26H27BrClN3O4S/c1-3-24(26(33)29-2)30(17-19-12-14-21(28)15-13-19)25(32)18-31(22-9-7-8-20(27)16-22)36(34,35)23-10-5-4-6-11-23/h4-16,24H,3,17-18H2,1-2H3,(H,29,33). The fourth-order valence-electron chi connectivity index (χ4n) is 3.75. The number of amides is 2. The number of carbonyl (C=O) groups is 2. The highest BCUT2D eigenvalue weighted by molar-refractivity contribution is 9.10. The molecule has 1 atom stereocenters. The predicted molar refractivity (Wildman–Crippen MR) is 145 cm³/mol. The number of anilines is 1. The van der Waals surface area contributed by atoms with E-state index in [2.05, 4.69) is 21.2 Å². The molecule has 3 rings (SSSR count). The Labute approximate surface area is 225 Å². The monoisotopic (exact) mass is 591 g/mol. The second-order valence-electron chi connectivity index (χ2n) is 7.99. The number of rotatable bonds is 10. The van der Waals surface area contributed by atoms with Gasteiger partial charge in [0.15, 0.2) is 0 Å². The van der Waals surface area contributed by atoms with Crippen LogP contribution < -0.4 is 9.62 Å². The van der Waals surface area contributed by atoms with E-state index in [0.717, 1.165) is 9.87 Å². The van der Waals surface area contributed by atoms with E-state index in [1.54, 1.807) is 73.7 Å². The summed E-state index contributed by atoms with van der Waals surface area (Å²) in [4.78, 5) is 27.9. The highest BCUT2D eigenvalue weighted by Gasteiger charge is 2.33. The Bertz CT molecular complexity index is 1300. The van der Waals surface area contributed by atoms with Gasteiger partial charge in [0, 0.05) is 23.1 Å². The lowest BCUT2D eigenvalue weighted by molar-refractivity contribution is -0.140. The molecule has 0 spiro atoms. The molecule has 0 saturated heterocycles. The second kappa shape index (κ2) is 12.4. The number of nitrogens with one attached hydrogen (secondary N) is 1. The molecule has 190 valence electrons. The summed E-state index contributed by atoms with van der Waals surface area (Å²) >= 11 is 9.39. The minimum atomic E-state index is -4.09. The third kappa shape index (κ3) is 6.66. The molecule has 1 N–H and O–H groups in total. The Balaban J connectivity index is 2.04. The Morgan fingerprint density at radius 1 is 1.00 bits per heavy atom. The van der Waals surface area contributed by atoms with Crippen molar-refractivity contribution in [2.45, 2.75) is 30.8 Å². The van der Waals surface area contributed by atoms with Gasteiger partial charge in [-0.2, -0.15) is 0 Å². The molecular weight excluding hydrogens is 566 g/mol. The fourth-order valence-corrected chi connectivity index (χ4v) is 5.69. The summed E-state index contributed by atoms with van der Waals surface area (Å²) in [7, 11) is -2.59. The second-order valence-corrected chi connectivity index (χ2v) is 11.2. The van der Waals surface area contributed by atoms with Crippen molar-refractivity contribution in [3.63, 3.8) is 0 Å². The summed E-state index contributed by atoms with van der Waals surface area (Å²) < 4.78 is 29.1. The van der Waals surface area contributed by atoms with Gasteiger partial charge in [-0.3, -0.25) is 13.9 Å². The number of hydrogen-bond acceptors (Lipinski definition) is 4. The number of hydrogen-bond donors (Lipinski definition) is 1. The van der Waals surface area contributed by atoms with E-state index in [9.17, 15) is 18.0 Å². The first kappa shape index (κ1) is 27.7. The fraction of sp³-hybridized carbons (Fsp3) is 0.231. The zero-order valence-corrected chi connectivity index (χ0v) is 23.1. The lowest BCUT2D eigenvalue weighted by Crippen LogP contribution is -2.51. The van der Waals surface area contributed by atoms with Crippen LogP contribution in [-0.4, -0.2) is 44.8 Å². The average Bonchev–Trinajstić information content (AvgIpc) is 2.88. The zero-order valence-electron chi connectivity index (χ0n) is 19.9. The van der Waals surface area contributed by atoms with Gasteiger partial charge in [-0.25, -0.2) is 8.42 Å². The van der Waals surface area contributed by atoms with Crippen LogP contribution in [0.4, 0.5) is 5.69 Å². The molecular formula is C26H27BrClN3O4S. The van der Waals surface area contributed by atoms with Crippen molar-refractivity contribution in [3.05, 3.63) is 93.9 Å². The number of likely N-dealkylation sites (N-methyl/N-ethyl adjacent to an activating group) is 1. The quantitative estimate of drug-likeness (QED) is 0.365. The highest BCUT2D eigenvalue weighted by Crippen LogP contribution is 2.27.